The molecule has 94 valence electrons. The van der Waals surface area contributed by atoms with E-state index >= 15 is 0 Å². The molecule has 0 aliphatic heterocycles. The van der Waals surface area contributed by atoms with Crippen molar-refractivity contribution in [2.45, 2.75) is 13.3 Å². The van der Waals surface area contributed by atoms with Crippen molar-refractivity contribution in [3.63, 3.8) is 0 Å². The van der Waals surface area contributed by atoms with E-state index < -0.39 is 23.0 Å². The van der Waals surface area contributed by atoms with Crippen molar-refractivity contribution in [3.05, 3.63) is 49.9 Å². The van der Waals surface area contributed by atoms with E-state index in [9.17, 15) is 13.6 Å². The fourth-order valence-corrected chi connectivity index (χ4v) is 2.69. The number of aromatic nitrogens is 1. The second kappa shape index (κ2) is 5.24. The fourth-order valence-electron chi connectivity index (χ4n) is 1.52. The van der Waals surface area contributed by atoms with E-state index in [0.717, 1.165) is 17.8 Å². The molecule has 0 bridgehead atoms. The number of halogens is 3. The SMILES string of the molecule is Cc1csc(CC(=O)c2c(F)cc(Br)cc2F)n1. The molecule has 0 saturated heterocycles. The molecule has 0 N–H and O–H groups in total. The van der Waals surface area contributed by atoms with Crippen LogP contribution >= 0.6 is 27.3 Å². The Kier molecular flexibility index (Phi) is 3.87. The molecule has 0 aliphatic carbocycles. The van der Waals surface area contributed by atoms with E-state index in [0.29, 0.717) is 5.01 Å². The van der Waals surface area contributed by atoms with Gasteiger partial charge in [-0.1, -0.05) is 15.9 Å². The molecule has 1 aromatic heterocycles. The van der Waals surface area contributed by atoms with Gasteiger partial charge in [0.05, 0.1) is 12.0 Å². The van der Waals surface area contributed by atoms with E-state index in [2.05, 4.69) is 20.9 Å². The highest BCUT2D eigenvalue weighted by Gasteiger charge is 2.19. The van der Waals surface area contributed by atoms with Crippen LogP contribution < -0.4 is 0 Å². The predicted octanol–water partition coefficient (Wildman–Crippen LogP) is 3.92. The minimum atomic E-state index is -0.861. The first-order chi connectivity index (χ1) is 8.47. The second-order valence-corrected chi connectivity index (χ2v) is 5.59. The average molecular weight is 332 g/mol. The lowest BCUT2D eigenvalue weighted by Gasteiger charge is -2.03. The molecule has 0 saturated carbocycles. The Balaban J connectivity index is 2.29. The van der Waals surface area contributed by atoms with Crippen molar-refractivity contribution in [2.75, 3.05) is 0 Å². The summed E-state index contributed by atoms with van der Waals surface area (Å²) in [6.45, 7) is 1.80. The minimum Gasteiger partial charge on any atom is -0.293 e. The Hall–Kier alpha value is -1.14. The van der Waals surface area contributed by atoms with Crippen molar-refractivity contribution < 1.29 is 13.6 Å². The summed E-state index contributed by atoms with van der Waals surface area (Å²) >= 11 is 4.27. The number of nitrogens with zero attached hydrogens (tertiary/aromatic N) is 1. The lowest BCUT2D eigenvalue weighted by Crippen LogP contribution is -2.09. The fraction of sp³-hybridized carbons (Fsp3) is 0.167. The molecule has 1 aromatic carbocycles. The summed E-state index contributed by atoms with van der Waals surface area (Å²) in [6, 6.07) is 2.15. The van der Waals surface area contributed by atoms with E-state index in [4.69, 9.17) is 0 Å². The Morgan fingerprint density at radius 1 is 1.39 bits per heavy atom. The van der Waals surface area contributed by atoms with Crippen molar-refractivity contribution in [3.8, 4) is 0 Å². The van der Waals surface area contributed by atoms with Crippen molar-refractivity contribution in [2.24, 2.45) is 0 Å². The monoisotopic (exact) mass is 331 g/mol. The molecule has 6 heteroatoms. The lowest BCUT2D eigenvalue weighted by atomic mass is 10.1. The number of benzene rings is 1. The number of ketones is 1. The summed E-state index contributed by atoms with van der Waals surface area (Å²) in [4.78, 5) is 15.9. The maximum atomic E-state index is 13.6. The molecule has 0 aliphatic rings. The number of thiazole rings is 1. The third-order valence-corrected chi connectivity index (χ3v) is 3.69. The molecule has 0 amide bonds. The molecular weight excluding hydrogens is 324 g/mol. The molecule has 2 aromatic rings. The van der Waals surface area contributed by atoms with Crippen molar-refractivity contribution >= 4 is 33.0 Å². The molecule has 0 radical (unpaired) electrons. The van der Waals surface area contributed by atoms with E-state index in [-0.39, 0.29) is 10.9 Å². The molecule has 18 heavy (non-hydrogen) atoms. The van der Waals surface area contributed by atoms with Gasteiger partial charge in [0, 0.05) is 15.5 Å². The van der Waals surface area contributed by atoms with Gasteiger partial charge in [-0.05, 0) is 19.1 Å². The summed E-state index contributed by atoms with van der Waals surface area (Å²) in [6.07, 6.45) is -0.0893. The lowest BCUT2D eigenvalue weighted by molar-refractivity contribution is 0.0985. The maximum Gasteiger partial charge on any atom is 0.175 e. The van der Waals surface area contributed by atoms with Crippen LogP contribution in [0.2, 0.25) is 0 Å². The van der Waals surface area contributed by atoms with E-state index in [1.807, 2.05) is 0 Å². The van der Waals surface area contributed by atoms with Gasteiger partial charge in [0.15, 0.2) is 5.78 Å². The number of rotatable bonds is 3. The molecule has 2 nitrogen and oxygen atoms in total. The van der Waals surface area contributed by atoms with E-state index in [1.165, 1.54) is 11.3 Å². The normalized spacial score (nSPS) is 10.7. The standard InChI is InChI=1S/C12H8BrF2NOS/c1-6-5-18-11(16-6)4-10(17)12-8(14)2-7(13)3-9(12)15/h2-3,5H,4H2,1H3. The van der Waals surface area contributed by atoms with Crippen LogP contribution in [0.5, 0.6) is 0 Å². The molecule has 2 rings (SSSR count). The van der Waals surface area contributed by atoms with Crippen LogP contribution in [0.1, 0.15) is 21.1 Å². The number of hydrogen-bond donors (Lipinski definition) is 0. The number of carbonyl (C=O) groups excluding carboxylic acids is 1. The summed E-state index contributed by atoms with van der Waals surface area (Å²) in [7, 11) is 0. The van der Waals surface area contributed by atoms with Crippen LogP contribution in [0.4, 0.5) is 8.78 Å². The molecule has 0 atom stereocenters. The van der Waals surface area contributed by atoms with Crippen LogP contribution in [0.15, 0.2) is 22.0 Å². The van der Waals surface area contributed by atoms with Gasteiger partial charge < -0.3 is 0 Å². The number of Topliss-reactive ketones (excluding diaryl/α,β-unsaturated/α-hetero) is 1. The quantitative estimate of drug-likeness (QED) is 0.798. The Labute approximate surface area is 115 Å². The predicted molar refractivity (Wildman–Crippen MR) is 68.9 cm³/mol. The van der Waals surface area contributed by atoms with Crippen LogP contribution in [0.25, 0.3) is 0 Å². The first-order valence-corrected chi connectivity index (χ1v) is 6.73. The number of aryl methyl sites for hydroxylation is 1. The van der Waals surface area contributed by atoms with Gasteiger partial charge in [-0.25, -0.2) is 13.8 Å². The number of carbonyl (C=O) groups is 1. The first-order valence-electron chi connectivity index (χ1n) is 5.06. The third kappa shape index (κ3) is 2.81. The summed E-state index contributed by atoms with van der Waals surface area (Å²) in [5, 5.41) is 2.34. The van der Waals surface area contributed by atoms with Crippen LogP contribution in [-0.4, -0.2) is 10.8 Å². The average Bonchev–Trinajstić information content (AvgIpc) is 2.62. The highest BCUT2D eigenvalue weighted by Crippen LogP contribution is 2.21. The molecule has 1 heterocycles. The van der Waals surface area contributed by atoms with E-state index in [1.54, 1.807) is 12.3 Å². The largest absolute Gasteiger partial charge is 0.293 e. The van der Waals surface area contributed by atoms with Crippen molar-refractivity contribution in [1.82, 2.24) is 4.98 Å². The highest BCUT2D eigenvalue weighted by molar-refractivity contribution is 9.10. The Morgan fingerprint density at radius 3 is 2.50 bits per heavy atom. The van der Waals surface area contributed by atoms with Gasteiger partial charge in [-0.2, -0.15) is 0 Å². The molecule has 0 fully saturated rings. The van der Waals surface area contributed by atoms with Gasteiger partial charge in [-0.15, -0.1) is 11.3 Å². The molecule has 0 spiro atoms. The smallest absolute Gasteiger partial charge is 0.175 e. The van der Waals surface area contributed by atoms with Crippen molar-refractivity contribution in [1.29, 1.82) is 0 Å². The minimum absolute atomic E-state index is 0.0893. The van der Waals surface area contributed by atoms with Gasteiger partial charge in [0.1, 0.15) is 16.6 Å². The van der Waals surface area contributed by atoms with Crippen LogP contribution in [-0.2, 0) is 6.42 Å². The summed E-state index contributed by atoms with van der Waals surface area (Å²) < 4.78 is 27.4. The second-order valence-electron chi connectivity index (χ2n) is 3.73. The summed E-state index contributed by atoms with van der Waals surface area (Å²) in [5.74, 6) is -2.33. The zero-order valence-corrected chi connectivity index (χ0v) is 11.7. The van der Waals surface area contributed by atoms with Gasteiger partial charge in [-0.3, -0.25) is 4.79 Å². The molecule has 0 unspecified atom stereocenters. The number of hydrogen-bond acceptors (Lipinski definition) is 3. The first kappa shape index (κ1) is 13.3. The van der Waals surface area contributed by atoms with Gasteiger partial charge in [0.25, 0.3) is 0 Å². The molecular formula is C12H8BrF2NOS. The Bertz CT molecular complexity index is 589. The van der Waals surface area contributed by atoms with Crippen LogP contribution in [0, 0.1) is 18.6 Å². The van der Waals surface area contributed by atoms with Crippen LogP contribution in [0.3, 0.4) is 0 Å². The highest BCUT2D eigenvalue weighted by atomic mass is 79.9. The zero-order valence-electron chi connectivity index (χ0n) is 9.34. The van der Waals surface area contributed by atoms with Gasteiger partial charge >= 0.3 is 0 Å². The maximum absolute atomic E-state index is 13.6. The topological polar surface area (TPSA) is 30.0 Å². The zero-order chi connectivity index (χ0) is 13.3. The van der Waals surface area contributed by atoms with Gasteiger partial charge in [0.2, 0.25) is 0 Å². The third-order valence-electron chi connectivity index (χ3n) is 2.26. The Morgan fingerprint density at radius 2 is 2.00 bits per heavy atom. The summed E-state index contributed by atoms with van der Waals surface area (Å²) in [5.41, 5.74) is 0.283.